The average Bonchev–Trinajstić information content (AvgIpc) is 2.72. The maximum Gasteiger partial charge on any atom is 0.248 e. The maximum atomic E-state index is 11.9. The van der Waals surface area contributed by atoms with Gasteiger partial charge in [-0.3, -0.25) is 9.48 Å². The van der Waals surface area contributed by atoms with E-state index in [1.807, 2.05) is 17.9 Å². The molecule has 100 valence electrons. The second-order valence-electron chi connectivity index (χ2n) is 4.54. The third-order valence-corrected chi connectivity index (χ3v) is 3.24. The van der Waals surface area contributed by atoms with Crippen LogP contribution in [0.25, 0.3) is 0 Å². The molecular weight excluding hydrogens is 234 g/mol. The summed E-state index contributed by atoms with van der Waals surface area (Å²) in [6.45, 7) is 1.97. The number of carbonyl (C=O) groups excluding carboxylic acids is 1. The molecule has 0 saturated carbocycles. The van der Waals surface area contributed by atoms with E-state index in [-0.39, 0.29) is 18.4 Å². The van der Waals surface area contributed by atoms with Crippen LogP contribution in [0.4, 0.5) is 0 Å². The summed E-state index contributed by atoms with van der Waals surface area (Å²) in [4.78, 5) is 13.7. The van der Waals surface area contributed by atoms with Gasteiger partial charge in [-0.15, -0.1) is 0 Å². The molecule has 0 unspecified atom stereocenters. The summed E-state index contributed by atoms with van der Waals surface area (Å²) in [5.74, 6) is 0.181. The molecule has 0 fully saturated rings. The van der Waals surface area contributed by atoms with Crippen LogP contribution in [0.15, 0.2) is 6.20 Å². The average molecular weight is 253 g/mol. The van der Waals surface area contributed by atoms with Crippen molar-refractivity contribution in [1.29, 1.82) is 0 Å². The largest absolute Gasteiger partial charge is 0.384 e. The van der Waals surface area contributed by atoms with Gasteiger partial charge in [-0.1, -0.05) is 0 Å². The van der Waals surface area contributed by atoms with Gasteiger partial charge >= 0.3 is 0 Å². The molecule has 6 nitrogen and oxygen atoms in total. The monoisotopic (exact) mass is 253 g/mol. The van der Waals surface area contributed by atoms with Gasteiger partial charge in [0.2, 0.25) is 5.91 Å². The van der Waals surface area contributed by atoms with Crippen LogP contribution in [0, 0.1) is 0 Å². The zero-order valence-electron chi connectivity index (χ0n) is 11.0. The number of aryl methyl sites for hydroxylation is 1. The summed E-state index contributed by atoms with van der Waals surface area (Å²) in [7, 11) is 5.13. The maximum absolute atomic E-state index is 11.9. The number of fused-ring (bicyclic) bond motifs is 1. The number of amides is 1. The van der Waals surface area contributed by atoms with Gasteiger partial charge in [0.05, 0.1) is 18.5 Å². The lowest BCUT2D eigenvalue weighted by molar-refractivity contribution is -0.136. The summed E-state index contributed by atoms with van der Waals surface area (Å²) >= 11 is 0. The minimum atomic E-state index is 0.00751. The Labute approximate surface area is 106 Å². The summed E-state index contributed by atoms with van der Waals surface area (Å²) < 4.78 is 12.0. The van der Waals surface area contributed by atoms with E-state index in [4.69, 9.17) is 9.47 Å². The first-order chi connectivity index (χ1) is 8.67. The van der Waals surface area contributed by atoms with Gasteiger partial charge in [-0.05, 0) is 0 Å². The number of hydrogen-bond donors (Lipinski definition) is 0. The van der Waals surface area contributed by atoms with Gasteiger partial charge in [0, 0.05) is 45.8 Å². The van der Waals surface area contributed by atoms with Crippen molar-refractivity contribution in [2.75, 3.05) is 34.0 Å². The Morgan fingerprint density at radius 1 is 1.50 bits per heavy atom. The van der Waals surface area contributed by atoms with Gasteiger partial charge in [-0.2, -0.15) is 5.10 Å². The molecule has 0 aromatic carbocycles. The Morgan fingerprint density at radius 3 is 2.94 bits per heavy atom. The number of ether oxygens (including phenoxy) is 2. The highest BCUT2D eigenvalue weighted by atomic mass is 16.5. The standard InChI is InChI=1S/C12H19N3O3/c1-14-12-9(4-13-14)5-15(11(16)8-18-3)6-10(12)7-17-2/h4,10H,5-8H2,1-3H3/t10-/m1/s1. The number of carbonyl (C=O) groups is 1. The van der Waals surface area contributed by atoms with Crippen LogP contribution in [0.1, 0.15) is 17.2 Å². The molecule has 1 aromatic rings. The second-order valence-corrected chi connectivity index (χ2v) is 4.54. The first-order valence-corrected chi connectivity index (χ1v) is 5.93. The van der Waals surface area contributed by atoms with E-state index in [1.54, 1.807) is 12.0 Å². The van der Waals surface area contributed by atoms with Crippen molar-refractivity contribution in [2.45, 2.75) is 12.5 Å². The zero-order chi connectivity index (χ0) is 13.1. The van der Waals surface area contributed by atoms with Crippen molar-refractivity contribution in [1.82, 2.24) is 14.7 Å². The van der Waals surface area contributed by atoms with Crippen molar-refractivity contribution in [2.24, 2.45) is 7.05 Å². The van der Waals surface area contributed by atoms with E-state index in [0.29, 0.717) is 19.7 Å². The van der Waals surface area contributed by atoms with Crippen molar-refractivity contribution in [3.63, 3.8) is 0 Å². The predicted molar refractivity (Wildman–Crippen MR) is 65.1 cm³/mol. The quantitative estimate of drug-likeness (QED) is 0.766. The fourth-order valence-electron chi connectivity index (χ4n) is 2.50. The SMILES string of the molecule is COCC(=O)N1Cc2cnn(C)c2[C@@H](COC)C1. The minimum absolute atomic E-state index is 0.00751. The van der Waals surface area contributed by atoms with Gasteiger partial charge in [0.15, 0.2) is 0 Å². The van der Waals surface area contributed by atoms with Gasteiger partial charge in [-0.25, -0.2) is 0 Å². The summed E-state index contributed by atoms with van der Waals surface area (Å²) in [6.07, 6.45) is 1.82. The normalized spacial score (nSPS) is 18.8. The van der Waals surface area contributed by atoms with Crippen molar-refractivity contribution < 1.29 is 14.3 Å². The molecule has 1 aliphatic rings. The molecule has 1 amide bonds. The summed E-state index contributed by atoms with van der Waals surface area (Å²) in [5, 5.41) is 4.26. The Bertz CT molecular complexity index is 430. The Morgan fingerprint density at radius 2 is 2.28 bits per heavy atom. The molecular formula is C12H19N3O3. The molecule has 6 heteroatoms. The highest BCUT2D eigenvalue weighted by Gasteiger charge is 2.30. The topological polar surface area (TPSA) is 56.6 Å². The highest BCUT2D eigenvalue weighted by molar-refractivity contribution is 5.77. The molecule has 1 atom stereocenters. The van der Waals surface area contributed by atoms with E-state index in [0.717, 1.165) is 5.56 Å². The van der Waals surface area contributed by atoms with Crippen LogP contribution in [-0.2, 0) is 27.9 Å². The first kappa shape index (κ1) is 13.0. The summed E-state index contributed by atoms with van der Waals surface area (Å²) in [5.41, 5.74) is 2.26. The first-order valence-electron chi connectivity index (χ1n) is 5.93. The van der Waals surface area contributed by atoms with Crippen LogP contribution in [0.5, 0.6) is 0 Å². The second kappa shape index (κ2) is 5.49. The molecule has 2 rings (SSSR count). The third-order valence-electron chi connectivity index (χ3n) is 3.24. The lowest BCUT2D eigenvalue weighted by Crippen LogP contribution is -2.41. The fraction of sp³-hybridized carbons (Fsp3) is 0.667. The van der Waals surface area contributed by atoms with Crippen LogP contribution in [-0.4, -0.2) is 54.6 Å². The van der Waals surface area contributed by atoms with Crippen molar-refractivity contribution >= 4 is 5.91 Å². The molecule has 1 aromatic heterocycles. The van der Waals surface area contributed by atoms with E-state index < -0.39 is 0 Å². The van der Waals surface area contributed by atoms with E-state index in [9.17, 15) is 4.79 Å². The van der Waals surface area contributed by atoms with Gasteiger partial charge in [0.25, 0.3) is 0 Å². The smallest absolute Gasteiger partial charge is 0.248 e. The van der Waals surface area contributed by atoms with Crippen LogP contribution < -0.4 is 0 Å². The predicted octanol–water partition coefficient (Wildman–Crippen LogP) is 0.139. The number of hydrogen-bond acceptors (Lipinski definition) is 4. The molecule has 2 heterocycles. The van der Waals surface area contributed by atoms with Gasteiger partial charge < -0.3 is 14.4 Å². The molecule has 18 heavy (non-hydrogen) atoms. The molecule has 0 N–H and O–H groups in total. The Balaban J connectivity index is 2.21. The van der Waals surface area contributed by atoms with E-state index in [2.05, 4.69) is 5.10 Å². The van der Waals surface area contributed by atoms with Crippen LogP contribution in [0.3, 0.4) is 0 Å². The lowest BCUT2D eigenvalue weighted by Gasteiger charge is -2.32. The van der Waals surface area contributed by atoms with Gasteiger partial charge in [0.1, 0.15) is 6.61 Å². The van der Waals surface area contributed by atoms with E-state index >= 15 is 0 Å². The lowest BCUT2D eigenvalue weighted by atomic mass is 9.97. The minimum Gasteiger partial charge on any atom is -0.384 e. The van der Waals surface area contributed by atoms with Crippen molar-refractivity contribution in [3.05, 3.63) is 17.5 Å². The Kier molecular flexibility index (Phi) is 3.98. The fourth-order valence-corrected chi connectivity index (χ4v) is 2.50. The molecule has 0 aliphatic carbocycles. The molecule has 1 aliphatic heterocycles. The zero-order valence-corrected chi connectivity index (χ0v) is 11.0. The number of rotatable bonds is 4. The third kappa shape index (κ3) is 2.39. The molecule has 0 saturated heterocycles. The van der Waals surface area contributed by atoms with Crippen molar-refractivity contribution in [3.8, 4) is 0 Å². The molecule has 0 bridgehead atoms. The summed E-state index contributed by atoms with van der Waals surface area (Å²) in [6, 6.07) is 0. The molecule has 0 spiro atoms. The molecule has 0 radical (unpaired) electrons. The van der Waals surface area contributed by atoms with Crippen LogP contribution in [0.2, 0.25) is 0 Å². The number of methoxy groups -OCH3 is 2. The Hall–Kier alpha value is -1.40. The number of nitrogens with zero attached hydrogens (tertiary/aromatic N) is 3. The highest BCUT2D eigenvalue weighted by Crippen LogP contribution is 2.28. The van der Waals surface area contributed by atoms with Crippen LogP contribution >= 0.6 is 0 Å². The van der Waals surface area contributed by atoms with E-state index in [1.165, 1.54) is 12.8 Å². The number of aromatic nitrogens is 2.